The summed E-state index contributed by atoms with van der Waals surface area (Å²) in [5.41, 5.74) is 8.64. The lowest BCUT2D eigenvalue weighted by atomic mass is 9.87. The second kappa shape index (κ2) is 9.15. The van der Waals surface area contributed by atoms with E-state index < -0.39 is 0 Å². The van der Waals surface area contributed by atoms with Gasteiger partial charge >= 0.3 is 0 Å². The summed E-state index contributed by atoms with van der Waals surface area (Å²) in [4.78, 5) is 24.9. The Balaban J connectivity index is 1.51. The van der Waals surface area contributed by atoms with Gasteiger partial charge in [-0.05, 0) is 80.6 Å². The number of amides is 1. The predicted molar refractivity (Wildman–Crippen MR) is 144 cm³/mol. The van der Waals surface area contributed by atoms with Gasteiger partial charge in [0, 0.05) is 54.4 Å². The maximum Gasteiger partial charge on any atom is 0.236 e. The van der Waals surface area contributed by atoms with Crippen molar-refractivity contribution in [3.8, 4) is 11.3 Å². The molecule has 6 heteroatoms. The first-order chi connectivity index (χ1) is 16.7. The number of carbonyl (C=O) groups excluding carboxylic acids is 1. The van der Waals surface area contributed by atoms with Gasteiger partial charge in [-0.25, -0.2) is 4.98 Å². The molecule has 4 heterocycles. The molecule has 5 rings (SSSR count). The summed E-state index contributed by atoms with van der Waals surface area (Å²) < 4.78 is 2.13. The van der Waals surface area contributed by atoms with Crippen molar-refractivity contribution in [3.05, 3.63) is 53.3 Å². The maximum atomic E-state index is 12.5. The Morgan fingerprint density at radius 2 is 1.94 bits per heavy atom. The number of nitrogens with zero attached hydrogens (tertiary/aromatic N) is 4. The third kappa shape index (κ3) is 4.25. The van der Waals surface area contributed by atoms with Crippen LogP contribution in [-0.2, 0) is 11.8 Å². The molecule has 4 aromatic rings. The van der Waals surface area contributed by atoms with Crippen molar-refractivity contribution in [2.75, 3.05) is 33.7 Å². The van der Waals surface area contributed by atoms with Crippen molar-refractivity contribution in [3.63, 3.8) is 0 Å². The first-order valence-electron chi connectivity index (χ1n) is 12.7. The number of hydrogen-bond acceptors (Lipinski definition) is 3. The molecular weight excluding hydrogens is 434 g/mol. The van der Waals surface area contributed by atoms with Crippen molar-refractivity contribution in [1.29, 1.82) is 0 Å². The van der Waals surface area contributed by atoms with Crippen LogP contribution in [0.2, 0.25) is 0 Å². The summed E-state index contributed by atoms with van der Waals surface area (Å²) in [6.45, 7) is 8.90. The summed E-state index contributed by atoms with van der Waals surface area (Å²) in [6, 6.07) is 9.03. The van der Waals surface area contributed by atoms with Crippen LogP contribution in [0.1, 0.15) is 55.2 Å². The van der Waals surface area contributed by atoms with Crippen molar-refractivity contribution in [2.24, 2.45) is 7.05 Å². The summed E-state index contributed by atoms with van der Waals surface area (Å²) in [5.74, 6) is 1.11. The number of aromatic amines is 1. The van der Waals surface area contributed by atoms with Crippen molar-refractivity contribution < 1.29 is 4.79 Å². The second-order valence-corrected chi connectivity index (χ2v) is 10.7. The number of fused-ring (bicyclic) bond motifs is 2. The van der Waals surface area contributed by atoms with Gasteiger partial charge < -0.3 is 19.4 Å². The third-order valence-electron chi connectivity index (χ3n) is 7.55. The number of pyridine rings is 1. The molecule has 1 fully saturated rings. The van der Waals surface area contributed by atoms with E-state index in [2.05, 4.69) is 72.8 Å². The molecule has 0 bridgehead atoms. The van der Waals surface area contributed by atoms with Gasteiger partial charge in [0.1, 0.15) is 5.65 Å². The molecule has 0 saturated carbocycles. The average molecular weight is 472 g/mol. The molecule has 1 saturated heterocycles. The zero-order valence-electron chi connectivity index (χ0n) is 21.9. The highest BCUT2D eigenvalue weighted by Gasteiger charge is 2.26. The molecule has 0 unspecified atom stereocenters. The Morgan fingerprint density at radius 1 is 1.20 bits per heavy atom. The van der Waals surface area contributed by atoms with E-state index in [0.29, 0.717) is 18.4 Å². The van der Waals surface area contributed by atoms with Crippen LogP contribution in [0.3, 0.4) is 0 Å². The van der Waals surface area contributed by atoms with Crippen LogP contribution >= 0.6 is 0 Å². The minimum Gasteiger partial charge on any atom is -0.354 e. The smallest absolute Gasteiger partial charge is 0.236 e. The number of likely N-dealkylation sites (N-methyl/N-ethyl adjacent to an activating group) is 1. The average Bonchev–Trinajstić information content (AvgIpc) is 3.37. The van der Waals surface area contributed by atoms with Gasteiger partial charge in [-0.1, -0.05) is 19.9 Å². The van der Waals surface area contributed by atoms with Gasteiger partial charge in [-0.2, -0.15) is 0 Å². The highest BCUT2D eigenvalue weighted by atomic mass is 16.2. The predicted octanol–water partition coefficient (Wildman–Crippen LogP) is 5.42. The molecular formula is C29H37N5O. The summed E-state index contributed by atoms with van der Waals surface area (Å²) in [5, 5.41) is 2.54. The fourth-order valence-electron chi connectivity index (χ4n) is 5.78. The highest BCUT2D eigenvalue weighted by Crippen LogP contribution is 2.41. The van der Waals surface area contributed by atoms with Crippen molar-refractivity contribution >= 4 is 27.8 Å². The van der Waals surface area contributed by atoms with Crippen LogP contribution in [0, 0.1) is 6.92 Å². The number of nitrogens with one attached hydrogen (secondary N) is 1. The molecule has 0 spiro atoms. The quantitative estimate of drug-likeness (QED) is 0.423. The molecule has 1 N–H and O–H groups in total. The van der Waals surface area contributed by atoms with E-state index in [1.54, 1.807) is 0 Å². The molecule has 1 aliphatic rings. The zero-order chi connectivity index (χ0) is 24.9. The molecule has 184 valence electrons. The number of piperidine rings is 1. The summed E-state index contributed by atoms with van der Waals surface area (Å²) in [6.07, 6.45) is 6.14. The summed E-state index contributed by atoms with van der Waals surface area (Å²) in [7, 11) is 5.98. The van der Waals surface area contributed by atoms with Gasteiger partial charge in [0.2, 0.25) is 5.91 Å². The third-order valence-corrected chi connectivity index (χ3v) is 7.55. The molecule has 1 aromatic carbocycles. The number of aromatic nitrogens is 3. The van der Waals surface area contributed by atoms with Crippen LogP contribution < -0.4 is 0 Å². The summed E-state index contributed by atoms with van der Waals surface area (Å²) >= 11 is 0. The van der Waals surface area contributed by atoms with Gasteiger partial charge in [0.25, 0.3) is 0 Å². The van der Waals surface area contributed by atoms with Crippen LogP contribution in [-0.4, -0.2) is 64.0 Å². The standard InChI is InChI=1S/C29H37N5O/c1-18(2)26-22-15-21(20-10-13-34(14-11-20)25(35)17-32(4)5)7-8-24(22)31-28(26)23-16-33(6)29-27(23)19(3)9-12-30-29/h7-9,12,15-16,18,20,31H,10-11,13-14,17H2,1-6H3. The Labute approximate surface area is 207 Å². The van der Waals surface area contributed by atoms with Gasteiger partial charge in [0.05, 0.1) is 12.2 Å². The lowest BCUT2D eigenvalue weighted by Crippen LogP contribution is -2.42. The van der Waals surface area contributed by atoms with Gasteiger partial charge in [-0.15, -0.1) is 0 Å². The number of benzene rings is 1. The number of rotatable bonds is 5. The SMILES string of the molecule is Cc1ccnc2c1c(-c1[nH]c3ccc(C4CCN(C(=O)CN(C)C)CC4)cc3c1C(C)C)cn2C. The Morgan fingerprint density at radius 3 is 2.63 bits per heavy atom. The number of likely N-dealkylation sites (tertiary alicyclic amines) is 1. The minimum atomic E-state index is 0.237. The van der Waals surface area contributed by atoms with Gasteiger partial charge in [0.15, 0.2) is 0 Å². The normalized spacial score (nSPS) is 15.3. The molecule has 3 aromatic heterocycles. The minimum absolute atomic E-state index is 0.237. The molecule has 1 aliphatic heterocycles. The maximum absolute atomic E-state index is 12.5. The van der Waals surface area contributed by atoms with Crippen LogP contribution in [0.15, 0.2) is 36.7 Å². The molecule has 0 aliphatic carbocycles. The van der Waals surface area contributed by atoms with Crippen molar-refractivity contribution in [2.45, 2.75) is 45.4 Å². The molecule has 6 nitrogen and oxygen atoms in total. The van der Waals surface area contributed by atoms with E-state index in [1.807, 2.05) is 30.1 Å². The van der Waals surface area contributed by atoms with E-state index in [4.69, 9.17) is 0 Å². The fraction of sp³-hybridized carbons (Fsp3) is 0.448. The molecule has 1 amide bonds. The lowest BCUT2D eigenvalue weighted by Gasteiger charge is -2.33. The van der Waals surface area contributed by atoms with E-state index >= 15 is 0 Å². The van der Waals surface area contributed by atoms with Crippen LogP contribution in [0.5, 0.6) is 0 Å². The highest BCUT2D eigenvalue weighted by molar-refractivity contribution is 6.01. The molecule has 0 atom stereocenters. The number of carbonyl (C=O) groups is 1. The zero-order valence-corrected chi connectivity index (χ0v) is 21.9. The van der Waals surface area contributed by atoms with Crippen LogP contribution in [0.4, 0.5) is 0 Å². The molecule has 0 radical (unpaired) electrons. The Hall–Kier alpha value is -3.12. The van der Waals surface area contributed by atoms with E-state index in [1.165, 1.54) is 44.2 Å². The fourth-order valence-corrected chi connectivity index (χ4v) is 5.78. The van der Waals surface area contributed by atoms with Gasteiger partial charge in [-0.3, -0.25) is 4.79 Å². The molecule has 35 heavy (non-hydrogen) atoms. The topological polar surface area (TPSA) is 57.2 Å². The monoisotopic (exact) mass is 471 g/mol. The first-order valence-corrected chi connectivity index (χ1v) is 12.7. The number of hydrogen-bond donors (Lipinski definition) is 1. The largest absolute Gasteiger partial charge is 0.354 e. The second-order valence-electron chi connectivity index (χ2n) is 10.7. The lowest BCUT2D eigenvalue weighted by molar-refractivity contribution is -0.132. The van der Waals surface area contributed by atoms with E-state index in [-0.39, 0.29) is 5.91 Å². The van der Waals surface area contributed by atoms with Crippen LogP contribution in [0.25, 0.3) is 33.2 Å². The number of H-pyrrole nitrogens is 1. The number of aryl methyl sites for hydroxylation is 2. The van der Waals surface area contributed by atoms with Crippen molar-refractivity contribution in [1.82, 2.24) is 24.3 Å². The Bertz CT molecular complexity index is 1390. The first kappa shape index (κ1) is 23.6. The van der Waals surface area contributed by atoms with E-state index in [9.17, 15) is 4.79 Å². The Kier molecular flexibility index (Phi) is 6.18. The van der Waals surface area contributed by atoms with E-state index in [0.717, 1.165) is 31.6 Å².